The van der Waals surface area contributed by atoms with Gasteiger partial charge in [-0.25, -0.2) is 0 Å². The van der Waals surface area contributed by atoms with Crippen molar-refractivity contribution in [3.8, 4) is 22.8 Å². The van der Waals surface area contributed by atoms with E-state index in [2.05, 4.69) is 6.07 Å². The van der Waals surface area contributed by atoms with Crippen LogP contribution in [-0.2, 0) is 12.5 Å². The molecule has 0 aliphatic carbocycles. The molecule has 5 heteroatoms. The maximum atomic E-state index is 13.8. The van der Waals surface area contributed by atoms with Crippen molar-refractivity contribution in [1.82, 2.24) is 0 Å². The number of benzene rings is 2. The number of rotatable bonds is 1. The molecule has 2 heterocycles. The van der Waals surface area contributed by atoms with E-state index < -0.39 is 11.6 Å². The lowest BCUT2D eigenvalue weighted by molar-refractivity contribution is -0.660. The monoisotopic (exact) mass is 372 g/mol. The Morgan fingerprint density at radius 1 is 1.04 bits per heavy atom. The predicted octanol–water partition coefficient (Wildman–Crippen LogP) is 5.89. The summed E-state index contributed by atoms with van der Waals surface area (Å²) in [5.41, 5.74) is 1.90. The van der Waals surface area contributed by atoms with E-state index in [0.717, 1.165) is 27.5 Å². The zero-order chi connectivity index (χ0) is 19.7. The highest BCUT2D eigenvalue weighted by atomic mass is 19.4. The van der Waals surface area contributed by atoms with E-state index in [1.165, 1.54) is 19.9 Å². The van der Waals surface area contributed by atoms with Crippen molar-refractivity contribution in [2.24, 2.45) is 7.05 Å². The highest BCUT2D eigenvalue weighted by Crippen LogP contribution is 2.52. The Morgan fingerprint density at radius 3 is 2.41 bits per heavy atom. The van der Waals surface area contributed by atoms with Crippen LogP contribution in [0, 0.1) is 13.8 Å². The molecule has 140 valence electrons. The SMILES string of the molecule is Cc1cc2cccc3c2c(c1C)-c1c(c(C(C)(C)C(F)(F)F)cc[n+]1C)O3. The minimum absolute atomic E-state index is 0.145. The first-order valence-electron chi connectivity index (χ1n) is 8.85. The number of ether oxygens (including phenoxy) is 1. The van der Waals surface area contributed by atoms with E-state index in [1.54, 1.807) is 6.20 Å². The second kappa shape index (κ2) is 5.47. The van der Waals surface area contributed by atoms with Crippen LogP contribution >= 0.6 is 0 Å². The van der Waals surface area contributed by atoms with Crippen molar-refractivity contribution in [2.75, 3.05) is 0 Å². The summed E-state index contributed by atoms with van der Waals surface area (Å²) < 4.78 is 49.4. The molecule has 0 N–H and O–H groups in total. The molecular formula is C22H21F3NO+. The minimum Gasteiger partial charge on any atom is -0.449 e. The molecule has 2 aromatic carbocycles. The molecule has 2 nitrogen and oxygen atoms in total. The van der Waals surface area contributed by atoms with Gasteiger partial charge >= 0.3 is 6.18 Å². The first-order chi connectivity index (χ1) is 12.5. The van der Waals surface area contributed by atoms with Crippen molar-refractivity contribution in [1.29, 1.82) is 0 Å². The molecule has 0 saturated heterocycles. The van der Waals surface area contributed by atoms with Crippen molar-refractivity contribution < 1.29 is 22.5 Å². The fourth-order valence-electron chi connectivity index (χ4n) is 3.82. The van der Waals surface area contributed by atoms with Crippen molar-refractivity contribution >= 4 is 10.8 Å². The maximum Gasteiger partial charge on any atom is 0.398 e. The van der Waals surface area contributed by atoms with Gasteiger partial charge in [-0.15, -0.1) is 0 Å². The summed E-state index contributed by atoms with van der Waals surface area (Å²) in [7, 11) is 1.84. The average Bonchev–Trinajstić information content (AvgIpc) is 2.57. The van der Waals surface area contributed by atoms with Gasteiger partial charge in [-0.3, -0.25) is 0 Å². The highest BCUT2D eigenvalue weighted by Gasteiger charge is 2.51. The smallest absolute Gasteiger partial charge is 0.398 e. The van der Waals surface area contributed by atoms with Gasteiger partial charge in [0.15, 0.2) is 6.20 Å². The lowest BCUT2D eigenvalue weighted by Gasteiger charge is -2.31. The first-order valence-corrected chi connectivity index (χ1v) is 8.85. The van der Waals surface area contributed by atoms with Crippen molar-refractivity contribution in [2.45, 2.75) is 39.3 Å². The Kier molecular flexibility index (Phi) is 3.61. The molecule has 0 saturated carbocycles. The van der Waals surface area contributed by atoms with Crippen LogP contribution in [-0.4, -0.2) is 6.18 Å². The Bertz CT molecular complexity index is 1100. The summed E-state index contributed by atoms with van der Waals surface area (Å²) in [5.74, 6) is 0.888. The molecule has 0 radical (unpaired) electrons. The number of aryl methyl sites for hydroxylation is 2. The summed E-state index contributed by atoms with van der Waals surface area (Å²) in [5, 5.41) is 1.97. The fourth-order valence-corrected chi connectivity index (χ4v) is 3.82. The van der Waals surface area contributed by atoms with Gasteiger partial charge in [-0.1, -0.05) is 18.2 Å². The molecule has 1 aliphatic heterocycles. The largest absolute Gasteiger partial charge is 0.449 e. The molecular weight excluding hydrogens is 351 g/mol. The summed E-state index contributed by atoms with van der Waals surface area (Å²) >= 11 is 0. The average molecular weight is 372 g/mol. The van der Waals surface area contributed by atoms with E-state index in [4.69, 9.17) is 4.74 Å². The van der Waals surface area contributed by atoms with Crippen LogP contribution in [0.3, 0.4) is 0 Å². The molecule has 0 spiro atoms. The van der Waals surface area contributed by atoms with Crippen LogP contribution in [0.25, 0.3) is 22.0 Å². The maximum absolute atomic E-state index is 13.8. The third-order valence-corrected chi connectivity index (χ3v) is 5.76. The molecule has 1 aromatic heterocycles. The van der Waals surface area contributed by atoms with Gasteiger partial charge in [0, 0.05) is 17.0 Å². The molecule has 0 fully saturated rings. The molecule has 0 bridgehead atoms. The van der Waals surface area contributed by atoms with Gasteiger partial charge in [0.05, 0.1) is 11.0 Å². The number of hydrogen-bond donors (Lipinski definition) is 0. The summed E-state index contributed by atoms with van der Waals surface area (Å²) in [6, 6.07) is 9.31. The van der Waals surface area contributed by atoms with Crippen LogP contribution in [0.15, 0.2) is 36.5 Å². The molecule has 3 aromatic rings. The van der Waals surface area contributed by atoms with Crippen LogP contribution in [0.2, 0.25) is 0 Å². The number of fused-ring (bicyclic) bond motifs is 2. The Labute approximate surface area is 156 Å². The van der Waals surface area contributed by atoms with Crippen LogP contribution in [0.4, 0.5) is 13.2 Å². The Hall–Kier alpha value is -2.56. The number of alkyl halides is 3. The zero-order valence-corrected chi connectivity index (χ0v) is 16.0. The van der Waals surface area contributed by atoms with Crippen molar-refractivity contribution in [3.63, 3.8) is 0 Å². The second-order valence-electron chi connectivity index (χ2n) is 7.79. The number of aromatic nitrogens is 1. The Balaban J connectivity index is 2.16. The second-order valence-corrected chi connectivity index (χ2v) is 7.79. The topological polar surface area (TPSA) is 13.1 Å². The molecule has 1 aliphatic rings. The highest BCUT2D eigenvalue weighted by molar-refractivity contribution is 6.04. The van der Waals surface area contributed by atoms with Gasteiger partial charge in [0.2, 0.25) is 5.75 Å². The third-order valence-electron chi connectivity index (χ3n) is 5.76. The predicted molar refractivity (Wildman–Crippen MR) is 99.2 cm³/mol. The summed E-state index contributed by atoms with van der Waals surface area (Å²) in [6.07, 6.45) is -2.70. The third kappa shape index (κ3) is 2.37. The van der Waals surface area contributed by atoms with Crippen LogP contribution < -0.4 is 9.30 Å². The van der Waals surface area contributed by atoms with E-state index in [-0.39, 0.29) is 11.3 Å². The van der Waals surface area contributed by atoms with E-state index in [1.807, 2.05) is 43.7 Å². The molecule has 0 amide bonds. The van der Waals surface area contributed by atoms with E-state index >= 15 is 0 Å². The number of pyridine rings is 1. The van der Waals surface area contributed by atoms with Crippen molar-refractivity contribution in [3.05, 3.63) is 53.2 Å². The zero-order valence-electron chi connectivity index (χ0n) is 16.0. The minimum atomic E-state index is -4.39. The van der Waals surface area contributed by atoms with Gasteiger partial charge in [0.1, 0.15) is 12.8 Å². The molecule has 4 rings (SSSR count). The molecule has 27 heavy (non-hydrogen) atoms. The molecule has 0 unspecified atom stereocenters. The summed E-state index contributed by atoms with van der Waals surface area (Å²) in [6.45, 7) is 6.44. The van der Waals surface area contributed by atoms with E-state index in [9.17, 15) is 13.2 Å². The van der Waals surface area contributed by atoms with Gasteiger partial charge < -0.3 is 4.74 Å². The Morgan fingerprint density at radius 2 is 1.74 bits per heavy atom. The van der Waals surface area contributed by atoms with Gasteiger partial charge in [0.25, 0.3) is 5.69 Å². The number of halogens is 3. The normalized spacial score (nSPS) is 13.5. The molecule has 0 atom stereocenters. The standard InChI is InChI=1S/C22H21F3NO/c1-12-11-14-7-6-8-16-18(14)17(13(12)2)19-20(27-16)15(9-10-26(19)5)21(3,4)22(23,24)25/h6-11H,1-5H3/q+1. The van der Waals surface area contributed by atoms with Crippen LogP contribution in [0.5, 0.6) is 11.5 Å². The van der Waals surface area contributed by atoms with Gasteiger partial charge in [-0.05, 0) is 50.3 Å². The number of hydrogen-bond acceptors (Lipinski definition) is 1. The van der Waals surface area contributed by atoms with E-state index in [0.29, 0.717) is 11.4 Å². The lowest BCUT2D eigenvalue weighted by Crippen LogP contribution is -2.39. The van der Waals surface area contributed by atoms with Crippen LogP contribution in [0.1, 0.15) is 30.5 Å². The lowest BCUT2D eigenvalue weighted by atomic mass is 9.81. The summed E-state index contributed by atoms with van der Waals surface area (Å²) in [4.78, 5) is 0. The van der Waals surface area contributed by atoms with Gasteiger partial charge in [-0.2, -0.15) is 17.7 Å². The fraction of sp³-hybridized carbons (Fsp3) is 0.318. The number of nitrogens with zero attached hydrogens (tertiary/aromatic N) is 1. The quantitative estimate of drug-likeness (QED) is 0.380. The first kappa shape index (κ1) is 17.8.